The molecule has 1 aliphatic rings. The van der Waals surface area contributed by atoms with E-state index < -0.39 is 0 Å². The second-order valence-electron chi connectivity index (χ2n) is 9.44. The molecule has 36 heavy (non-hydrogen) atoms. The van der Waals surface area contributed by atoms with E-state index in [9.17, 15) is 10.1 Å². The molecule has 3 N–H and O–H groups in total. The molecule has 1 atom stereocenters. The Morgan fingerprint density at radius 2 is 2.14 bits per heavy atom. The molecule has 0 saturated heterocycles. The molecule has 0 saturated carbocycles. The molecule has 0 fully saturated rings. The smallest absolute Gasteiger partial charge is 0.259 e. The van der Waals surface area contributed by atoms with Gasteiger partial charge < -0.3 is 20.3 Å². The molecule has 4 rings (SSSR count). The van der Waals surface area contributed by atoms with Crippen molar-refractivity contribution in [2.75, 3.05) is 25.0 Å². The van der Waals surface area contributed by atoms with Gasteiger partial charge in [0.2, 0.25) is 11.7 Å². The van der Waals surface area contributed by atoms with Gasteiger partial charge in [0.15, 0.2) is 0 Å². The molecule has 1 aromatic carbocycles. The summed E-state index contributed by atoms with van der Waals surface area (Å²) in [6.07, 6.45) is 2.43. The van der Waals surface area contributed by atoms with Crippen LogP contribution < -0.4 is 10.6 Å². The number of benzene rings is 1. The van der Waals surface area contributed by atoms with Crippen LogP contribution >= 0.6 is 0 Å². The van der Waals surface area contributed by atoms with Crippen LogP contribution in [0, 0.1) is 18.3 Å². The predicted molar refractivity (Wildman–Crippen MR) is 135 cm³/mol. The highest BCUT2D eigenvalue weighted by Crippen LogP contribution is 2.31. The quantitative estimate of drug-likeness (QED) is 0.435. The first-order valence-electron chi connectivity index (χ1n) is 12.0. The number of pyridine rings is 1. The first kappa shape index (κ1) is 25.3. The Bertz CT molecular complexity index is 1300. The van der Waals surface area contributed by atoms with Crippen LogP contribution in [0.15, 0.2) is 28.9 Å². The summed E-state index contributed by atoms with van der Waals surface area (Å²) >= 11 is 0. The average Bonchev–Trinajstić information content (AvgIpc) is 3.34. The highest BCUT2D eigenvalue weighted by atomic mass is 16.5. The van der Waals surface area contributed by atoms with E-state index in [4.69, 9.17) is 9.63 Å². The van der Waals surface area contributed by atoms with Crippen LogP contribution in [0.2, 0.25) is 0 Å². The maximum Gasteiger partial charge on any atom is 0.259 e. The number of anilines is 1. The predicted octanol–water partition coefficient (Wildman–Crippen LogP) is 2.65. The van der Waals surface area contributed by atoms with Gasteiger partial charge in [-0.3, -0.25) is 9.69 Å². The van der Waals surface area contributed by atoms with Gasteiger partial charge >= 0.3 is 0 Å². The van der Waals surface area contributed by atoms with Gasteiger partial charge in [-0.2, -0.15) is 10.2 Å². The number of rotatable bonds is 8. The molecule has 10 heteroatoms. The van der Waals surface area contributed by atoms with Crippen molar-refractivity contribution in [3.05, 3.63) is 46.6 Å². The van der Waals surface area contributed by atoms with E-state index in [2.05, 4.69) is 49.7 Å². The number of aliphatic hydroxyl groups is 1. The van der Waals surface area contributed by atoms with Gasteiger partial charge in [-0.05, 0) is 56.9 Å². The van der Waals surface area contributed by atoms with Crippen LogP contribution in [-0.4, -0.2) is 62.8 Å². The molecule has 0 spiro atoms. The Morgan fingerprint density at radius 1 is 1.33 bits per heavy atom. The van der Waals surface area contributed by atoms with Crippen molar-refractivity contribution >= 4 is 11.7 Å². The van der Waals surface area contributed by atoms with Crippen molar-refractivity contribution in [3.63, 3.8) is 0 Å². The summed E-state index contributed by atoms with van der Waals surface area (Å²) in [4.78, 5) is 23.3. The summed E-state index contributed by atoms with van der Waals surface area (Å²) in [5, 5.41) is 28.8. The van der Waals surface area contributed by atoms with Crippen LogP contribution in [0.5, 0.6) is 0 Å². The van der Waals surface area contributed by atoms with Crippen molar-refractivity contribution in [3.8, 4) is 28.9 Å². The summed E-state index contributed by atoms with van der Waals surface area (Å²) in [7, 11) is 0. The molecular weight excluding hydrogens is 458 g/mol. The Labute approximate surface area is 210 Å². The minimum Gasteiger partial charge on any atom is -0.394 e. The normalized spacial score (nSPS) is 14.2. The van der Waals surface area contributed by atoms with Crippen molar-refractivity contribution in [2.45, 2.75) is 52.7 Å². The molecular formula is C26H31N7O3. The van der Waals surface area contributed by atoms with Crippen molar-refractivity contribution in [1.82, 2.24) is 25.3 Å². The van der Waals surface area contributed by atoms with Crippen LogP contribution in [0.4, 0.5) is 5.82 Å². The molecule has 3 aromatic rings. The fourth-order valence-corrected chi connectivity index (χ4v) is 4.35. The molecule has 0 unspecified atom stereocenters. The molecule has 3 heterocycles. The zero-order valence-electron chi connectivity index (χ0n) is 21.0. The Morgan fingerprint density at radius 3 is 2.86 bits per heavy atom. The first-order chi connectivity index (χ1) is 17.3. The number of aromatic nitrogens is 3. The molecule has 2 aromatic heterocycles. The van der Waals surface area contributed by atoms with Gasteiger partial charge in [-0.15, -0.1) is 0 Å². The van der Waals surface area contributed by atoms with Crippen LogP contribution in [0.1, 0.15) is 43.0 Å². The second kappa shape index (κ2) is 10.8. The largest absolute Gasteiger partial charge is 0.394 e. The Balaban J connectivity index is 1.52. The molecule has 0 bridgehead atoms. The number of fused-ring (bicyclic) bond motifs is 1. The highest BCUT2D eigenvalue weighted by Gasteiger charge is 2.23. The minimum absolute atomic E-state index is 0.0784. The fraction of sp³-hybridized carbons (Fsp3) is 0.423. The third kappa shape index (κ3) is 5.53. The number of carbonyl (C=O) groups excluding carboxylic acids is 1. The first-order valence-corrected chi connectivity index (χ1v) is 12.0. The molecule has 1 aliphatic heterocycles. The third-order valence-electron chi connectivity index (χ3n) is 6.16. The number of nitrogens with one attached hydrogen (secondary N) is 2. The lowest BCUT2D eigenvalue weighted by Gasteiger charge is -2.30. The molecule has 0 radical (unpaired) electrons. The van der Waals surface area contributed by atoms with E-state index in [1.807, 2.05) is 19.9 Å². The van der Waals surface area contributed by atoms with Gasteiger partial charge in [0, 0.05) is 36.9 Å². The van der Waals surface area contributed by atoms with E-state index in [-0.39, 0.29) is 24.6 Å². The van der Waals surface area contributed by atoms with E-state index in [0.717, 1.165) is 24.1 Å². The fourth-order valence-electron chi connectivity index (χ4n) is 4.35. The zero-order valence-corrected chi connectivity index (χ0v) is 21.0. The number of amides is 1. The van der Waals surface area contributed by atoms with Gasteiger partial charge in [0.1, 0.15) is 11.9 Å². The van der Waals surface area contributed by atoms with Crippen LogP contribution in [0.25, 0.3) is 22.8 Å². The lowest BCUT2D eigenvalue weighted by molar-refractivity contribution is -0.123. The number of aliphatic hydroxyl groups excluding tert-OH is 1. The zero-order chi connectivity index (χ0) is 25.8. The molecule has 188 valence electrons. The summed E-state index contributed by atoms with van der Waals surface area (Å²) in [6.45, 7) is 9.44. The standard InChI is InChI=1S/C26H31N7O3/c1-15(2)29-24-19(10-27)9-20(11-28-24)26-31-25(32-36-26)22-6-5-18-12-33(8-7-21(18)17(22)4)13-23(35)30-16(3)14-34/h5-6,9,11,15-16,34H,7-8,12-14H2,1-4H3,(H,28,29)(H,30,35)/t16-/m0/s1. The van der Waals surface area contributed by atoms with Crippen molar-refractivity contribution < 1.29 is 14.4 Å². The molecule has 1 amide bonds. The second-order valence-corrected chi connectivity index (χ2v) is 9.44. The highest BCUT2D eigenvalue weighted by molar-refractivity contribution is 5.78. The lowest BCUT2D eigenvalue weighted by Crippen LogP contribution is -2.43. The SMILES string of the molecule is Cc1c(-c2noc(-c3cnc(NC(C)C)c(C#N)c3)n2)ccc2c1CCN(CC(=O)N[C@@H](C)CO)C2. The third-order valence-corrected chi connectivity index (χ3v) is 6.16. The topological polar surface area (TPSA) is 140 Å². The minimum atomic E-state index is -0.254. The Kier molecular flexibility index (Phi) is 7.62. The summed E-state index contributed by atoms with van der Waals surface area (Å²) < 4.78 is 5.52. The average molecular weight is 490 g/mol. The van der Waals surface area contributed by atoms with E-state index in [0.29, 0.717) is 41.7 Å². The summed E-state index contributed by atoms with van der Waals surface area (Å²) in [6, 6.07) is 7.79. The van der Waals surface area contributed by atoms with Crippen molar-refractivity contribution in [1.29, 1.82) is 5.26 Å². The lowest BCUT2D eigenvalue weighted by atomic mass is 9.91. The number of carbonyl (C=O) groups is 1. The number of hydrogen-bond donors (Lipinski definition) is 3. The monoisotopic (exact) mass is 489 g/mol. The van der Waals surface area contributed by atoms with E-state index in [1.54, 1.807) is 19.2 Å². The van der Waals surface area contributed by atoms with Gasteiger partial charge in [0.05, 0.1) is 24.3 Å². The number of hydrogen-bond acceptors (Lipinski definition) is 9. The summed E-state index contributed by atoms with van der Waals surface area (Å²) in [5.74, 6) is 1.22. The Hall–Kier alpha value is -3.81. The van der Waals surface area contributed by atoms with E-state index >= 15 is 0 Å². The van der Waals surface area contributed by atoms with Crippen LogP contribution in [0.3, 0.4) is 0 Å². The molecule has 10 nitrogen and oxygen atoms in total. The van der Waals surface area contributed by atoms with Crippen molar-refractivity contribution in [2.24, 2.45) is 0 Å². The van der Waals surface area contributed by atoms with Crippen LogP contribution in [-0.2, 0) is 17.8 Å². The van der Waals surface area contributed by atoms with Gasteiger partial charge in [0.25, 0.3) is 5.89 Å². The maximum atomic E-state index is 12.2. The summed E-state index contributed by atoms with van der Waals surface area (Å²) in [5.41, 5.74) is 5.38. The number of nitrogens with zero attached hydrogens (tertiary/aromatic N) is 5. The van der Waals surface area contributed by atoms with E-state index in [1.165, 1.54) is 11.1 Å². The maximum absolute atomic E-state index is 12.2. The van der Waals surface area contributed by atoms with Gasteiger partial charge in [-0.1, -0.05) is 17.3 Å². The van der Waals surface area contributed by atoms with Gasteiger partial charge in [-0.25, -0.2) is 4.98 Å². The molecule has 0 aliphatic carbocycles. The number of nitriles is 1.